The molecule has 0 aliphatic carbocycles. The van der Waals surface area contributed by atoms with Crippen LogP contribution in [0.3, 0.4) is 0 Å². The van der Waals surface area contributed by atoms with Crippen LogP contribution in [0.5, 0.6) is 0 Å². The molecule has 1 aromatic rings. The third kappa shape index (κ3) is 2.67. The summed E-state index contributed by atoms with van der Waals surface area (Å²) in [6, 6.07) is 6.53. The molecular weight excluding hydrogens is 216 g/mol. The second-order valence-electron chi connectivity index (χ2n) is 4.25. The standard InChI is InChI=1S/C9H14O3SSi/c1-14(2,3)9-6-4-5-8(7-9)13(10,11)12/h4-7H,1-3H3,(H,10,11,12). The molecule has 0 atom stereocenters. The van der Waals surface area contributed by atoms with Gasteiger partial charge in [0.2, 0.25) is 0 Å². The maximum absolute atomic E-state index is 10.9. The van der Waals surface area contributed by atoms with Gasteiger partial charge in [-0.25, -0.2) is 0 Å². The molecule has 0 unspecified atom stereocenters. The SMILES string of the molecule is C[Si](C)(C)c1cccc(S(=O)(=O)O)c1. The highest BCUT2D eigenvalue weighted by atomic mass is 32.2. The lowest BCUT2D eigenvalue weighted by atomic mass is 10.4. The highest BCUT2D eigenvalue weighted by Crippen LogP contribution is 2.09. The predicted molar refractivity (Wildman–Crippen MR) is 59.2 cm³/mol. The summed E-state index contributed by atoms with van der Waals surface area (Å²) in [5, 5.41) is 1.02. The van der Waals surface area contributed by atoms with Gasteiger partial charge in [0.15, 0.2) is 0 Å². The Kier molecular flexibility index (Phi) is 2.85. The Bertz CT molecular complexity index is 432. The first kappa shape index (κ1) is 11.4. The maximum atomic E-state index is 10.9. The van der Waals surface area contributed by atoms with Gasteiger partial charge in [0.1, 0.15) is 0 Å². The Morgan fingerprint density at radius 3 is 2.21 bits per heavy atom. The number of rotatable bonds is 2. The van der Waals surface area contributed by atoms with Crippen LogP contribution >= 0.6 is 0 Å². The van der Waals surface area contributed by atoms with Gasteiger partial charge in [-0.1, -0.05) is 37.0 Å². The van der Waals surface area contributed by atoms with E-state index >= 15 is 0 Å². The molecule has 0 amide bonds. The summed E-state index contributed by atoms with van der Waals surface area (Å²) in [5.74, 6) is 0. The Hall–Kier alpha value is -0.653. The third-order valence-corrected chi connectivity index (χ3v) is 4.89. The first-order chi connectivity index (χ1) is 6.21. The number of hydrogen-bond acceptors (Lipinski definition) is 2. The second kappa shape index (κ2) is 3.49. The van der Waals surface area contributed by atoms with Crippen molar-refractivity contribution in [2.24, 2.45) is 0 Å². The summed E-state index contributed by atoms with van der Waals surface area (Å²) < 4.78 is 30.6. The minimum atomic E-state index is -4.06. The molecule has 0 heterocycles. The van der Waals surface area contributed by atoms with Crippen LogP contribution < -0.4 is 5.19 Å². The summed E-state index contributed by atoms with van der Waals surface area (Å²) in [7, 11) is -5.58. The molecule has 3 nitrogen and oxygen atoms in total. The van der Waals surface area contributed by atoms with Crippen LogP contribution in [0.25, 0.3) is 0 Å². The van der Waals surface area contributed by atoms with Crippen molar-refractivity contribution in [3.05, 3.63) is 24.3 Å². The first-order valence-corrected chi connectivity index (χ1v) is 9.23. The Morgan fingerprint density at radius 2 is 1.79 bits per heavy atom. The van der Waals surface area contributed by atoms with E-state index in [1.807, 2.05) is 6.07 Å². The van der Waals surface area contributed by atoms with Gasteiger partial charge >= 0.3 is 0 Å². The summed E-state index contributed by atoms with van der Waals surface area (Å²) in [6.45, 7) is 6.36. The fourth-order valence-electron chi connectivity index (χ4n) is 1.12. The molecule has 0 bridgehead atoms. The smallest absolute Gasteiger partial charge is 0.282 e. The van der Waals surface area contributed by atoms with Crippen molar-refractivity contribution in [2.45, 2.75) is 24.5 Å². The molecule has 0 aliphatic heterocycles. The molecule has 14 heavy (non-hydrogen) atoms. The highest BCUT2D eigenvalue weighted by molar-refractivity contribution is 7.85. The zero-order valence-corrected chi connectivity index (χ0v) is 10.3. The zero-order valence-electron chi connectivity index (χ0n) is 8.48. The van der Waals surface area contributed by atoms with E-state index in [-0.39, 0.29) is 4.90 Å². The molecule has 0 saturated heterocycles. The summed E-state index contributed by atoms with van der Waals surface area (Å²) in [5.41, 5.74) is 0. The third-order valence-electron chi connectivity index (χ3n) is 2.00. The molecular formula is C9H14O3SSi. The molecule has 5 heteroatoms. The molecule has 0 aliphatic rings. The first-order valence-electron chi connectivity index (χ1n) is 4.29. The van der Waals surface area contributed by atoms with Crippen LogP contribution in [-0.4, -0.2) is 21.0 Å². The average molecular weight is 230 g/mol. The lowest BCUT2D eigenvalue weighted by Crippen LogP contribution is -2.37. The summed E-state index contributed by atoms with van der Waals surface area (Å²) >= 11 is 0. The van der Waals surface area contributed by atoms with E-state index in [0.29, 0.717) is 0 Å². The molecule has 0 radical (unpaired) electrons. The lowest BCUT2D eigenvalue weighted by molar-refractivity contribution is 0.483. The number of hydrogen-bond donors (Lipinski definition) is 1. The van der Waals surface area contributed by atoms with Gasteiger partial charge in [-0.05, 0) is 12.1 Å². The van der Waals surface area contributed by atoms with Crippen molar-refractivity contribution >= 4 is 23.4 Å². The fraction of sp³-hybridized carbons (Fsp3) is 0.333. The molecule has 0 saturated carbocycles. The molecule has 0 aromatic heterocycles. The van der Waals surface area contributed by atoms with E-state index in [1.54, 1.807) is 12.1 Å². The van der Waals surface area contributed by atoms with Gasteiger partial charge in [-0.3, -0.25) is 4.55 Å². The van der Waals surface area contributed by atoms with E-state index in [9.17, 15) is 8.42 Å². The van der Waals surface area contributed by atoms with Gasteiger partial charge < -0.3 is 0 Å². The van der Waals surface area contributed by atoms with Crippen LogP contribution in [0.4, 0.5) is 0 Å². The molecule has 0 spiro atoms. The van der Waals surface area contributed by atoms with Crippen LogP contribution in [0.1, 0.15) is 0 Å². The van der Waals surface area contributed by atoms with Crippen LogP contribution in [0.2, 0.25) is 19.6 Å². The predicted octanol–water partition coefficient (Wildman–Crippen LogP) is 1.48. The normalized spacial score (nSPS) is 12.9. The van der Waals surface area contributed by atoms with Crippen LogP contribution in [-0.2, 0) is 10.1 Å². The monoisotopic (exact) mass is 230 g/mol. The van der Waals surface area contributed by atoms with Crippen molar-refractivity contribution < 1.29 is 13.0 Å². The van der Waals surface area contributed by atoms with E-state index in [1.165, 1.54) is 6.07 Å². The molecule has 1 aromatic carbocycles. The van der Waals surface area contributed by atoms with Crippen molar-refractivity contribution in [3.63, 3.8) is 0 Å². The van der Waals surface area contributed by atoms with Crippen LogP contribution in [0.15, 0.2) is 29.2 Å². The highest BCUT2D eigenvalue weighted by Gasteiger charge is 2.18. The Labute approximate surface area is 85.5 Å². The zero-order chi connectivity index (χ0) is 11.0. The fourth-order valence-corrected chi connectivity index (χ4v) is 2.94. The summed E-state index contributed by atoms with van der Waals surface area (Å²) in [4.78, 5) is -0.0163. The Balaban J connectivity index is 3.29. The van der Waals surface area contributed by atoms with E-state index in [0.717, 1.165) is 5.19 Å². The minimum absolute atomic E-state index is 0.0163. The van der Waals surface area contributed by atoms with Crippen molar-refractivity contribution in [1.29, 1.82) is 0 Å². The van der Waals surface area contributed by atoms with Gasteiger partial charge in [-0.15, -0.1) is 0 Å². The maximum Gasteiger partial charge on any atom is 0.294 e. The Morgan fingerprint density at radius 1 is 1.21 bits per heavy atom. The van der Waals surface area contributed by atoms with Crippen LogP contribution in [0, 0.1) is 0 Å². The molecule has 1 N–H and O–H groups in total. The van der Waals surface area contributed by atoms with Gasteiger partial charge in [0.05, 0.1) is 13.0 Å². The van der Waals surface area contributed by atoms with Gasteiger partial charge in [-0.2, -0.15) is 8.42 Å². The van der Waals surface area contributed by atoms with E-state index in [4.69, 9.17) is 4.55 Å². The molecule has 0 fully saturated rings. The second-order valence-corrected chi connectivity index (χ2v) is 10.8. The molecule has 1 rings (SSSR count). The molecule has 78 valence electrons. The number of benzene rings is 1. The average Bonchev–Trinajstić information content (AvgIpc) is 2.01. The quantitative estimate of drug-likeness (QED) is 0.618. The minimum Gasteiger partial charge on any atom is -0.282 e. The summed E-state index contributed by atoms with van der Waals surface area (Å²) in [6.07, 6.45) is 0. The van der Waals surface area contributed by atoms with Gasteiger partial charge in [0, 0.05) is 0 Å². The largest absolute Gasteiger partial charge is 0.294 e. The van der Waals surface area contributed by atoms with Crippen molar-refractivity contribution in [1.82, 2.24) is 0 Å². The van der Waals surface area contributed by atoms with Gasteiger partial charge in [0.25, 0.3) is 10.1 Å². The van der Waals surface area contributed by atoms with E-state index < -0.39 is 18.2 Å². The van der Waals surface area contributed by atoms with Crippen molar-refractivity contribution in [3.8, 4) is 0 Å². The van der Waals surface area contributed by atoms with Crippen molar-refractivity contribution in [2.75, 3.05) is 0 Å². The topological polar surface area (TPSA) is 54.4 Å². The van der Waals surface area contributed by atoms with E-state index in [2.05, 4.69) is 19.6 Å². The lowest BCUT2D eigenvalue weighted by Gasteiger charge is -2.16.